The van der Waals surface area contributed by atoms with Crippen LogP contribution in [0.25, 0.3) is 0 Å². The Balaban J connectivity index is 2.51. The third-order valence-corrected chi connectivity index (χ3v) is 13.7. The minimum absolute atomic E-state index is 0.0116. The summed E-state index contributed by atoms with van der Waals surface area (Å²) in [7, 11) is 11.5. The van der Waals surface area contributed by atoms with Gasteiger partial charge in [0.2, 0.25) is 0 Å². The zero-order chi connectivity index (χ0) is 49.5. The van der Waals surface area contributed by atoms with Gasteiger partial charge < -0.3 is 47.7 Å². The first-order valence-corrected chi connectivity index (χ1v) is 23.6. The number of carboxylic acid groups (broad SMARTS) is 1. The zero-order valence-corrected chi connectivity index (χ0v) is 42.4. The summed E-state index contributed by atoms with van der Waals surface area (Å²) in [5.74, 6) is -3.14. The predicted octanol–water partition coefficient (Wildman–Crippen LogP) is 8.46. The number of allylic oxidation sites excluding steroid dienone is 2. The van der Waals surface area contributed by atoms with E-state index in [2.05, 4.69) is 13.0 Å². The van der Waals surface area contributed by atoms with Crippen LogP contribution in [0.5, 0.6) is 0 Å². The van der Waals surface area contributed by atoms with E-state index in [-0.39, 0.29) is 103 Å². The van der Waals surface area contributed by atoms with Crippen LogP contribution in [-0.4, -0.2) is 134 Å². The smallest absolute Gasteiger partial charge is 0.331 e. The molecule has 376 valence electrons. The number of ether oxygens (including phenoxy) is 9. The molecular weight excluding hydrogens is 849 g/mol. The summed E-state index contributed by atoms with van der Waals surface area (Å²) >= 11 is 0. The summed E-state index contributed by atoms with van der Waals surface area (Å²) in [6.07, 6.45) is 15.2. The lowest BCUT2D eigenvalue weighted by atomic mass is 9.81. The minimum atomic E-state index is -0.935. The van der Waals surface area contributed by atoms with E-state index in [1.165, 1.54) is 13.2 Å². The molecule has 14 unspecified atom stereocenters. The molecule has 2 aliphatic heterocycles. The Kier molecular flexibility index (Phi) is 27.4. The lowest BCUT2D eigenvalue weighted by Crippen LogP contribution is -2.41. The van der Waals surface area contributed by atoms with Gasteiger partial charge in [0.1, 0.15) is 18.0 Å². The predicted molar refractivity (Wildman–Crippen MR) is 254 cm³/mol. The van der Waals surface area contributed by atoms with Gasteiger partial charge in [-0.1, -0.05) is 89.1 Å². The molecule has 2 heterocycles. The van der Waals surface area contributed by atoms with Crippen LogP contribution >= 0.6 is 0 Å². The standard InChI is InChI=1S/C52H84O14/c1-32-16-15-17-49(56)66-52(38(7)51(64-14)34(3)20-23-43(53)36(5)44(61-11)24-25-48(54)55)35(4)19-22-40(58-8)30-45(62-12)33(2)18-21-41(59-9)31-46(63-13)37(6)47-28-39(29-50(57)65-47)27-42(26-32)60-10/h15-19,21-22,29,33-38,40-42,44-47,51-52H,20,23-28,30-31H2,1-14H3,(H,54,55)/b17-15+,21-18+,22-19+,32-16+/t33?,34?,35?,36?,37?,38?,40?,41?,42?,44?,45?,46?,47-,51?,52?/m1/s1. The van der Waals surface area contributed by atoms with E-state index in [1.54, 1.807) is 61.7 Å². The fraction of sp³-hybridized carbons (Fsp3) is 0.731. The van der Waals surface area contributed by atoms with Gasteiger partial charge in [-0.25, -0.2) is 9.59 Å². The van der Waals surface area contributed by atoms with Crippen molar-refractivity contribution in [3.8, 4) is 0 Å². The van der Waals surface area contributed by atoms with E-state index in [0.29, 0.717) is 38.5 Å². The van der Waals surface area contributed by atoms with Crippen molar-refractivity contribution < 1.29 is 66.9 Å². The minimum Gasteiger partial charge on any atom is -0.481 e. The van der Waals surface area contributed by atoms with Gasteiger partial charge in [0, 0.05) is 124 Å². The molecule has 0 saturated carbocycles. The monoisotopic (exact) mass is 933 g/mol. The number of hydrogen-bond donors (Lipinski definition) is 1. The molecule has 2 rings (SSSR count). The lowest BCUT2D eigenvalue weighted by Gasteiger charge is -2.35. The van der Waals surface area contributed by atoms with Crippen LogP contribution in [0.3, 0.4) is 0 Å². The van der Waals surface area contributed by atoms with Crippen molar-refractivity contribution in [3.63, 3.8) is 0 Å². The number of rotatable bonds is 18. The number of ketones is 1. The maximum atomic E-state index is 13.7. The number of methoxy groups -OCH3 is 7. The molecule has 14 nitrogen and oxygen atoms in total. The van der Waals surface area contributed by atoms with E-state index in [9.17, 15) is 19.2 Å². The third-order valence-electron chi connectivity index (χ3n) is 13.7. The maximum Gasteiger partial charge on any atom is 0.331 e. The molecule has 0 radical (unpaired) electrons. The van der Waals surface area contributed by atoms with E-state index in [0.717, 1.165) is 11.1 Å². The van der Waals surface area contributed by atoms with Crippen molar-refractivity contribution in [1.29, 1.82) is 0 Å². The van der Waals surface area contributed by atoms with Crippen LogP contribution < -0.4 is 0 Å². The Labute approximate surface area is 395 Å². The first-order valence-electron chi connectivity index (χ1n) is 23.6. The molecule has 0 amide bonds. The van der Waals surface area contributed by atoms with Crippen molar-refractivity contribution in [3.05, 3.63) is 59.8 Å². The number of fused-ring (bicyclic) bond motifs is 2. The van der Waals surface area contributed by atoms with Gasteiger partial charge in [0.25, 0.3) is 0 Å². The molecule has 0 saturated heterocycles. The summed E-state index contributed by atoms with van der Waals surface area (Å²) < 4.78 is 53.5. The number of Topliss-reactive ketones (excluding diaryl/α,β-unsaturated/α-hetero) is 1. The van der Waals surface area contributed by atoms with Gasteiger partial charge in [-0.05, 0) is 38.5 Å². The highest BCUT2D eigenvalue weighted by Crippen LogP contribution is 2.33. The number of carbonyl (C=O) groups excluding carboxylic acids is 3. The number of cyclic esters (lactones) is 1. The second-order valence-electron chi connectivity index (χ2n) is 18.5. The van der Waals surface area contributed by atoms with Crippen molar-refractivity contribution in [1.82, 2.24) is 0 Å². The van der Waals surface area contributed by atoms with Crippen LogP contribution in [-0.2, 0) is 61.8 Å². The van der Waals surface area contributed by atoms with E-state index >= 15 is 0 Å². The lowest BCUT2D eigenvalue weighted by molar-refractivity contribution is -0.152. The first-order chi connectivity index (χ1) is 31.4. The molecule has 2 aliphatic rings. The van der Waals surface area contributed by atoms with Crippen LogP contribution in [0.2, 0.25) is 0 Å². The Morgan fingerprint density at radius 3 is 1.91 bits per heavy atom. The number of carbonyl (C=O) groups is 4. The summed E-state index contributed by atoms with van der Waals surface area (Å²) in [6, 6.07) is 0. The number of aliphatic carboxylic acids is 1. The first kappa shape index (κ1) is 58.6. The van der Waals surface area contributed by atoms with Gasteiger partial charge in [0.05, 0.1) is 42.7 Å². The number of hydrogen-bond acceptors (Lipinski definition) is 13. The van der Waals surface area contributed by atoms with Crippen molar-refractivity contribution in [2.45, 2.75) is 161 Å². The Morgan fingerprint density at radius 2 is 1.35 bits per heavy atom. The Morgan fingerprint density at radius 1 is 0.727 bits per heavy atom. The quantitative estimate of drug-likeness (QED) is 0.103. The largest absolute Gasteiger partial charge is 0.481 e. The second kappa shape index (κ2) is 30.8. The van der Waals surface area contributed by atoms with E-state index in [4.69, 9.17) is 47.7 Å². The topological polar surface area (TPSA) is 172 Å². The highest BCUT2D eigenvalue weighted by Gasteiger charge is 2.37. The molecule has 2 bridgehead atoms. The summed E-state index contributed by atoms with van der Waals surface area (Å²) in [4.78, 5) is 51.1. The third kappa shape index (κ3) is 19.6. The second-order valence-corrected chi connectivity index (χ2v) is 18.5. The molecule has 0 aromatic carbocycles. The summed E-state index contributed by atoms with van der Waals surface area (Å²) in [5.41, 5.74) is 1.91. The SMILES string of the molecule is COC1/C=C/C(C)C(C(C)C(OC)C(C)CCC(=O)C(C)C(CCC(=O)O)OC)OC(=O)/C=C/C=C(\C)CC(OC)CC2=CC(=O)O[C@H](C2)C(C)C(OC)CC(OC)/C=C/C(C)C(OC)C1. The fourth-order valence-corrected chi connectivity index (χ4v) is 9.31. The molecular formula is C52H84O14. The van der Waals surface area contributed by atoms with Gasteiger partial charge in [-0.3, -0.25) is 9.59 Å². The normalized spacial score (nSPS) is 32.5. The van der Waals surface area contributed by atoms with Crippen LogP contribution in [0.1, 0.15) is 106 Å². The van der Waals surface area contributed by atoms with Gasteiger partial charge >= 0.3 is 17.9 Å². The number of esters is 2. The van der Waals surface area contributed by atoms with Gasteiger partial charge in [0.15, 0.2) is 0 Å². The molecule has 0 aliphatic carbocycles. The van der Waals surface area contributed by atoms with Crippen LogP contribution in [0, 0.1) is 35.5 Å². The molecule has 1 N–H and O–H groups in total. The molecule has 0 aromatic heterocycles. The molecule has 14 heteroatoms. The van der Waals surface area contributed by atoms with Gasteiger partial charge in [-0.2, -0.15) is 0 Å². The van der Waals surface area contributed by atoms with Crippen molar-refractivity contribution in [2.24, 2.45) is 35.5 Å². The molecule has 0 spiro atoms. The highest BCUT2D eigenvalue weighted by atomic mass is 16.6. The molecule has 66 heavy (non-hydrogen) atoms. The molecule has 15 atom stereocenters. The fourth-order valence-electron chi connectivity index (χ4n) is 9.31. The maximum absolute atomic E-state index is 13.7. The van der Waals surface area contributed by atoms with Crippen molar-refractivity contribution >= 4 is 23.7 Å². The summed E-state index contributed by atoms with van der Waals surface area (Å²) in [5, 5.41) is 9.17. The van der Waals surface area contributed by atoms with E-state index < -0.39 is 30.1 Å². The van der Waals surface area contributed by atoms with Crippen LogP contribution in [0.15, 0.2) is 59.8 Å². The highest BCUT2D eigenvalue weighted by molar-refractivity contribution is 5.84. The Bertz CT molecular complexity index is 1630. The molecule has 0 aromatic rings. The number of carboxylic acids is 1. The Hall–Kier alpha value is -3.50. The van der Waals surface area contributed by atoms with Gasteiger partial charge in [-0.15, -0.1) is 0 Å². The average Bonchev–Trinajstić information content (AvgIpc) is 3.29. The zero-order valence-electron chi connectivity index (χ0n) is 42.4. The van der Waals surface area contributed by atoms with E-state index in [1.807, 2.05) is 58.9 Å². The van der Waals surface area contributed by atoms with Crippen LogP contribution in [0.4, 0.5) is 0 Å². The average molecular weight is 933 g/mol. The summed E-state index contributed by atoms with van der Waals surface area (Å²) in [6.45, 7) is 13.9. The van der Waals surface area contributed by atoms with Crippen molar-refractivity contribution in [2.75, 3.05) is 49.8 Å². The molecule has 0 fully saturated rings.